The van der Waals surface area contributed by atoms with Crippen LogP contribution in [0.15, 0.2) is 36.4 Å². The number of benzene rings is 2. The van der Waals surface area contributed by atoms with Crippen LogP contribution in [0.2, 0.25) is 0 Å². The van der Waals surface area contributed by atoms with Crippen molar-refractivity contribution in [2.75, 3.05) is 6.54 Å². The van der Waals surface area contributed by atoms with Crippen molar-refractivity contribution >= 4 is 10.9 Å². The van der Waals surface area contributed by atoms with Gasteiger partial charge in [-0.05, 0) is 56.8 Å². The molecule has 3 aromatic rings. The number of halogens is 3. The van der Waals surface area contributed by atoms with Gasteiger partial charge in [-0.15, -0.1) is 0 Å². The predicted molar refractivity (Wildman–Crippen MR) is 100 cm³/mol. The second-order valence-corrected chi connectivity index (χ2v) is 6.77. The molecule has 0 atom stereocenters. The zero-order valence-corrected chi connectivity index (χ0v) is 15.0. The number of hydrogen-bond donors (Lipinski definition) is 2. The zero-order valence-electron chi connectivity index (χ0n) is 15.0. The summed E-state index contributed by atoms with van der Waals surface area (Å²) in [6.45, 7) is 4.57. The van der Waals surface area contributed by atoms with Crippen LogP contribution in [0.3, 0.4) is 0 Å². The summed E-state index contributed by atoms with van der Waals surface area (Å²) >= 11 is 0. The lowest BCUT2D eigenvalue weighted by Crippen LogP contribution is -2.05. The number of fused-ring (bicyclic) bond motifs is 1. The number of alkyl halides is 3. The average molecular weight is 360 g/mol. The summed E-state index contributed by atoms with van der Waals surface area (Å²) in [4.78, 5) is 3.09. The Labute approximate surface area is 151 Å². The van der Waals surface area contributed by atoms with Crippen LogP contribution < -0.4 is 5.73 Å². The van der Waals surface area contributed by atoms with Crippen molar-refractivity contribution in [1.82, 2.24) is 4.98 Å². The summed E-state index contributed by atoms with van der Waals surface area (Å²) in [6, 6.07) is 10.4. The highest BCUT2D eigenvalue weighted by Crippen LogP contribution is 2.39. The largest absolute Gasteiger partial charge is 0.418 e. The minimum Gasteiger partial charge on any atom is -0.354 e. The zero-order chi connectivity index (χ0) is 18.9. The SMILES string of the molecule is Cc1ccc(-c2[nH]c3c(C(F)(F)F)cccc3c2CCCCN)c(C)c1. The van der Waals surface area contributed by atoms with E-state index in [1.165, 1.54) is 6.07 Å². The molecule has 3 rings (SSSR count). The normalized spacial score (nSPS) is 12.1. The van der Waals surface area contributed by atoms with Gasteiger partial charge in [-0.25, -0.2) is 0 Å². The van der Waals surface area contributed by atoms with E-state index in [1.807, 2.05) is 26.0 Å². The van der Waals surface area contributed by atoms with Gasteiger partial charge in [0.2, 0.25) is 0 Å². The smallest absolute Gasteiger partial charge is 0.354 e. The molecule has 0 aliphatic heterocycles. The molecule has 3 N–H and O–H groups in total. The second kappa shape index (κ2) is 7.16. The van der Waals surface area contributed by atoms with E-state index in [-0.39, 0.29) is 5.52 Å². The van der Waals surface area contributed by atoms with Crippen molar-refractivity contribution in [3.8, 4) is 11.3 Å². The molecule has 5 heteroatoms. The average Bonchev–Trinajstić information content (AvgIpc) is 2.92. The highest BCUT2D eigenvalue weighted by molar-refractivity contribution is 5.93. The van der Waals surface area contributed by atoms with Crippen molar-refractivity contribution in [2.24, 2.45) is 5.73 Å². The molecule has 0 unspecified atom stereocenters. The van der Waals surface area contributed by atoms with E-state index in [9.17, 15) is 13.2 Å². The highest BCUT2D eigenvalue weighted by atomic mass is 19.4. The number of nitrogens with two attached hydrogens (primary N) is 1. The third kappa shape index (κ3) is 3.49. The monoisotopic (exact) mass is 360 g/mol. The fourth-order valence-electron chi connectivity index (χ4n) is 3.54. The van der Waals surface area contributed by atoms with E-state index in [1.54, 1.807) is 6.07 Å². The predicted octanol–water partition coefficient (Wildman–Crippen LogP) is 5.75. The van der Waals surface area contributed by atoms with Gasteiger partial charge in [-0.1, -0.05) is 35.9 Å². The molecule has 2 nitrogen and oxygen atoms in total. The van der Waals surface area contributed by atoms with Crippen LogP contribution in [0, 0.1) is 13.8 Å². The van der Waals surface area contributed by atoms with Gasteiger partial charge in [-0.3, -0.25) is 0 Å². The molecule has 0 spiro atoms. The number of aromatic nitrogens is 1. The number of hydrogen-bond acceptors (Lipinski definition) is 1. The molecule has 0 saturated heterocycles. The van der Waals surface area contributed by atoms with Gasteiger partial charge in [0, 0.05) is 16.6 Å². The van der Waals surface area contributed by atoms with Gasteiger partial charge in [0.1, 0.15) is 0 Å². The van der Waals surface area contributed by atoms with Crippen LogP contribution in [-0.2, 0) is 12.6 Å². The van der Waals surface area contributed by atoms with E-state index in [0.29, 0.717) is 18.4 Å². The molecule has 0 fully saturated rings. The molecule has 0 amide bonds. The minimum atomic E-state index is -4.39. The van der Waals surface area contributed by atoms with Crippen molar-refractivity contribution in [1.29, 1.82) is 0 Å². The van der Waals surface area contributed by atoms with Crippen molar-refractivity contribution in [3.63, 3.8) is 0 Å². The maximum Gasteiger partial charge on any atom is 0.418 e. The summed E-state index contributed by atoms with van der Waals surface area (Å²) < 4.78 is 40.4. The van der Waals surface area contributed by atoms with Crippen LogP contribution in [0.1, 0.15) is 35.1 Å². The summed E-state index contributed by atoms with van der Waals surface area (Å²) in [7, 11) is 0. The van der Waals surface area contributed by atoms with Gasteiger partial charge < -0.3 is 10.7 Å². The summed E-state index contributed by atoms with van der Waals surface area (Å²) in [5.74, 6) is 0. The van der Waals surface area contributed by atoms with Crippen molar-refractivity contribution < 1.29 is 13.2 Å². The highest BCUT2D eigenvalue weighted by Gasteiger charge is 2.34. The number of unbranched alkanes of at least 4 members (excludes halogenated alkanes) is 1. The van der Waals surface area contributed by atoms with Crippen LogP contribution in [-0.4, -0.2) is 11.5 Å². The maximum absolute atomic E-state index is 13.5. The Kier molecular flexibility index (Phi) is 5.10. The fraction of sp³-hybridized carbons (Fsp3) is 0.333. The molecule has 1 heterocycles. The second-order valence-electron chi connectivity index (χ2n) is 6.77. The summed E-state index contributed by atoms with van der Waals surface area (Å²) in [6.07, 6.45) is -2.00. The first-order chi connectivity index (χ1) is 12.3. The molecule has 0 aliphatic rings. The van der Waals surface area contributed by atoms with E-state index in [2.05, 4.69) is 11.1 Å². The first-order valence-corrected chi connectivity index (χ1v) is 8.81. The lowest BCUT2D eigenvalue weighted by molar-refractivity contribution is -0.136. The molecule has 0 radical (unpaired) electrons. The lowest BCUT2D eigenvalue weighted by atomic mass is 9.96. The van der Waals surface area contributed by atoms with E-state index in [0.717, 1.165) is 46.9 Å². The molecule has 2 aromatic carbocycles. The van der Waals surface area contributed by atoms with E-state index in [4.69, 9.17) is 5.73 Å². The molecule has 26 heavy (non-hydrogen) atoms. The third-order valence-electron chi connectivity index (χ3n) is 4.78. The first-order valence-electron chi connectivity index (χ1n) is 8.81. The molecule has 0 aliphatic carbocycles. The van der Waals surface area contributed by atoms with E-state index >= 15 is 0 Å². The maximum atomic E-state index is 13.5. The first kappa shape index (κ1) is 18.5. The molecule has 0 saturated carbocycles. The van der Waals surface area contributed by atoms with Crippen LogP contribution >= 0.6 is 0 Å². The molecule has 1 aromatic heterocycles. The van der Waals surface area contributed by atoms with Gasteiger partial charge in [0.15, 0.2) is 0 Å². The number of nitrogens with one attached hydrogen (secondary N) is 1. The van der Waals surface area contributed by atoms with Gasteiger partial charge in [-0.2, -0.15) is 13.2 Å². The minimum absolute atomic E-state index is 0.165. The summed E-state index contributed by atoms with van der Waals surface area (Å²) in [5, 5.41) is 0.645. The fourth-order valence-corrected chi connectivity index (χ4v) is 3.54. The molecular formula is C21H23F3N2. The number of aromatic amines is 1. The van der Waals surface area contributed by atoms with Crippen LogP contribution in [0.25, 0.3) is 22.2 Å². The summed E-state index contributed by atoms with van der Waals surface area (Å²) in [5.41, 5.74) is 9.98. The Morgan fingerprint density at radius 3 is 2.46 bits per heavy atom. The topological polar surface area (TPSA) is 41.8 Å². The van der Waals surface area contributed by atoms with Gasteiger partial charge in [0.05, 0.1) is 11.1 Å². The lowest BCUT2D eigenvalue weighted by Gasteiger charge is -2.09. The Bertz CT molecular complexity index is 923. The van der Waals surface area contributed by atoms with Gasteiger partial charge >= 0.3 is 6.18 Å². The molecule has 0 bridgehead atoms. The van der Waals surface area contributed by atoms with E-state index < -0.39 is 11.7 Å². The Hall–Kier alpha value is -2.27. The number of para-hydroxylation sites is 1. The standard InChI is InChI=1S/C21H23F3N2/c1-13-9-10-15(14(2)12-13)19-16(6-3-4-11-25)17-7-5-8-18(20(17)26-19)21(22,23)24/h5,7-10,12,26H,3-4,6,11,25H2,1-2H3. The van der Waals surface area contributed by atoms with Crippen molar-refractivity contribution in [3.05, 3.63) is 58.7 Å². The molecule has 138 valence electrons. The number of aryl methyl sites for hydroxylation is 3. The Morgan fingerprint density at radius 1 is 1.04 bits per heavy atom. The Morgan fingerprint density at radius 2 is 1.81 bits per heavy atom. The van der Waals surface area contributed by atoms with Gasteiger partial charge in [0.25, 0.3) is 0 Å². The number of rotatable bonds is 5. The van der Waals surface area contributed by atoms with Crippen LogP contribution in [0.5, 0.6) is 0 Å². The molecular weight excluding hydrogens is 337 g/mol. The number of H-pyrrole nitrogens is 1. The Balaban J connectivity index is 2.24. The van der Waals surface area contributed by atoms with Crippen LogP contribution in [0.4, 0.5) is 13.2 Å². The third-order valence-corrected chi connectivity index (χ3v) is 4.78. The van der Waals surface area contributed by atoms with Crippen molar-refractivity contribution in [2.45, 2.75) is 39.3 Å². The quantitative estimate of drug-likeness (QED) is 0.559.